The molecule has 19 heavy (non-hydrogen) atoms. The van der Waals surface area contributed by atoms with E-state index in [9.17, 15) is 14.2 Å². The van der Waals surface area contributed by atoms with Crippen LogP contribution in [-0.2, 0) is 9.13 Å². The van der Waals surface area contributed by atoms with E-state index < -0.39 is 20.3 Å². The summed E-state index contributed by atoms with van der Waals surface area (Å²) in [7, 11) is -10.5. The second kappa shape index (κ2) is 4.90. The molecule has 0 aliphatic rings. The van der Waals surface area contributed by atoms with Crippen LogP contribution in [-0.4, -0.2) is 29.8 Å². The third-order valence-electron chi connectivity index (χ3n) is 2.56. The van der Waals surface area contributed by atoms with Gasteiger partial charge in [-0.15, -0.1) is 0 Å². The zero-order valence-corrected chi connectivity index (χ0v) is 11.9. The van der Waals surface area contributed by atoms with Crippen molar-refractivity contribution in [1.29, 1.82) is 0 Å². The molecule has 5 N–H and O–H groups in total. The summed E-state index contributed by atoms with van der Waals surface area (Å²) in [4.78, 5) is 36.4. The molecule has 0 saturated heterocycles. The minimum absolute atomic E-state index is 0.0820. The van der Waals surface area contributed by atoms with Gasteiger partial charge in [-0.2, -0.15) is 0 Å². The highest BCUT2D eigenvalue weighted by molar-refractivity contribution is 7.72. The summed E-state index contributed by atoms with van der Waals surface area (Å²) in [6.07, 6.45) is 0. The van der Waals surface area contributed by atoms with Crippen LogP contribution in [0.1, 0.15) is 12.5 Å². The van der Waals surface area contributed by atoms with Crippen LogP contribution in [0.25, 0.3) is 0 Å². The van der Waals surface area contributed by atoms with Gasteiger partial charge in [0.25, 0.3) is 0 Å². The first-order chi connectivity index (χ1) is 8.38. The van der Waals surface area contributed by atoms with Gasteiger partial charge in [-0.25, -0.2) is 0 Å². The maximum Gasteiger partial charge on any atom is 0.381 e. The summed E-state index contributed by atoms with van der Waals surface area (Å²) >= 11 is 0. The Balaban J connectivity index is 3.28. The Labute approximate surface area is 109 Å². The molecule has 0 aliphatic heterocycles. The van der Waals surface area contributed by atoms with Crippen LogP contribution in [0.4, 0.5) is 0 Å². The first-order valence-corrected chi connectivity index (χ1v) is 8.21. The van der Waals surface area contributed by atoms with Gasteiger partial charge in [-0.05, 0) is 37.6 Å². The van der Waals surface area contributed by atoms with Gasteiger partial charge in [-0.1, -0.05) is 0 Å². The number of aromatic hydroxyl groups is 1. The van der Waals surface area contributed by atoms with Crippen LogP contribution in [0.5, 0.6) is 11.5 Å². The van der Waals surface area contributed by atoms with E-state index in [0.29, 0.717) is 12.5 Å². The second-order valence-corrected chi connectivity index (χ2v) is 8.31. The fourth-order valence-electron chi connectivity index (χ4n) is 1.20. The fraction of sp³-hybridized carbons (Fsp3) is 0.333. The average molecular weight is 312 g/mol. The Hall–Kier alpha value is -0.880. The first-order valence-electron chi connectivity index (χ1n) is 4.98. The van der Waals surface area contributed by atoms with Gasteiger partial charge in [0.1, 0.15) is 11.5 Å². The predicted molar refractivity (Wildman–Crippen MR) is 66.0 cm³/mol. The smallest absolute Gasteiger partial charge is 0.381 e. The lowest BCUT2D eigenvalue weighted by Crippen LogP contribution is -2.32. The molecule has 0 bridgehead atoms. The normalized spacial score (nSPS) is 13.4. The van der Waals surface area contributed by atoms with E-state index in [2.05, 4.69) is 0 Å². The second-order valence-electron chi connectivity index (χ2n) is 4.07. The molecule has 0 aromatic heterocycles. The molecule has 1 rings (SSSR count). The Morgan fingerprint density at radius 2 is 1.58 bits per heavy atom. The molecule has 0 heterocycles. The van der Waals surface area contributed by atoms with Crippen molar-refractivity contribution in [2.75, 3.05) is 0 Å². The quantitative estimate of drug-likeness (QED) is 0.520. The molecule has 0 atom stereocenters. The number of ether oxygens (including phenoxy) is 1. The molecule has 0 aliphatic carbocycles. The van der Waals surface area contributed by atoms with Crippen LogP contribution in [0, 0.1) is 6.92 Å². The maximum absolute atomic E-state index is 11.3. The number of phenolic OH excluding ortho intramolecular Hbond substituents is 1. The van der Waals surface area contributed by atoms with E-state index >= 15 is 0 Å². The average Bonchev–Trinajstić information content (AvgIpc) is 2.20. The first kappa shape index (κ1) is 16.2. The van der Waals surface area contributed by atoms with Crippen molar-refractivity contribution in [3.63, 3.8) is 0 Å². The molecule has 1 aromatic carbocycles. The highest BCUT2D eigenvalue weighted by atomic mass is 31.2. The molecular formula is C9H14O8P2. The Morgan fingerprint density at radius 1 is 1.11 bits per heavy atom. The van der Waals surface area contributed by atoms with E-state index in [1.165, 1.54) is 19.1 Å². The lowest BCUT2D eigenvalue weighted by atomic mass is 10.2. The number of hydrogen-bond donors (Lipinski definition) is 5. The summed E-state index contributed by atoms with van der Waals surface area (Å²) in [5.41, 5.74) is 0.330. The van der Waals surface area contributed by atoms with Crippen molar-refractivity contribution in [1.82, 2.24) is 0 Å². The maximum atomic E-state index is 11.3. The Morgan fingerprint density at radius 3 is 1.95 bits per heavy atom. The Kier molecular flexibility index (Phi) is 4.17. The monoisotopic (exact) mass is 312 g/mol. The molecular weight excluding hydrogens is 298 g/mol. The lowest BCUT2D eigenvalue weighted by Gasteiger charge is -2.31. The minimum atomic E-state index is -5.25. The zero-order valence-electron chi connectivity index (χ0n) is 10.1. The van der Waals surface area contributed by atoms with Crippen LogP contribution in [0.3, 0.4) is 0 Å². The SMILES string of the molecule is Cc1cc(OC(C)(P(=O)(O)O)P(=O)(O)O)ccc1O. The molecule has 0 amide bonds. The molecule has 0 unspecified atom stereocenters. The van der Waals surface area contributed by atoms with Gasteiger partial charge in [0.05, 0.1) is 0 Å². The summed E-state index contributed by atoms with van der Waals surface area (Å²) in [5.74, 6) is -0.258. The summed E-state index contributed by atoms with van der Waals surface area (Å²) < 4.78 is 27.4. The summed E-state index contributed by atoms with van der Waals surface area (Å²) in [6, 6.07) is 3.54. The van der Waals surface area contributed by atoms with Crippen LogP contribution in [0.2, 0.25) is 0 Å². The van der Waals surface area contributed by atoms with Crippen LogP contribution >= 0.6 is 15.2 Å². The lowest BCUT2D eigenvalue weighted by molar-refractivity contribution is 0.166. The van der Waals surface area contributed by atoms with Gasteiger partial charge in [-0.3, -0.25) is 9.13 Å². The van der Waals surface area contributed by atoms with Crippen molar-refractivity contribution in [3.05, 3.63) is 23.8 Å². The van der Waals surface area contributed by atoms with Gasteiger partial charge in [0.2, 0.25) is 0 Å². The number of rotatable bonds is 4. The van der Waals surface area contributed by atoms with Crippen molar-refractivity contribution >= 4 is 15.2 Å². The van der Waals surface area contributed by atoms with E-state index in [1.807, 2.05) is 0 Å². The van der Waals surface area contributed by atoms with Crippen LogP contribution in [0.15, 0.2) is 18.2 Å². The molecule has 0 spiro atoms. The number of aryl methyl sites for hydroxylation is 1. The predicted octanol–water partition coefficient (Wildman–Crippen LogP) is 1.11. The number of hydrogen-bond acceptors (Lipinski definition) is 4. The van der Waals surface area contributed by atoms with Crippen molar-refractivity contribution < 1.29 is 38.5 Å². The zero-order chi connectivity index (χ0) is 15.1. The van der Waals surface area contributed by atoms with Gasteiger partial charge >= 0.3 is 20.3 Å². The standard InChI is InChI=1S/C9H14O8P2/c1-6-5-7(3-4-8(6)10)17-9(2,18(11,12)13)19(14,15)16/h3-5,10H,1-2H3,(H2,11,12,13)(H2,14,15,16). The fourth-order valence-corrected chi connectivity index (χ4v) is 3.01. The van der Waals surface area contributed by atoms with Crippen molar-refractivity contribution in [2.24, 2.45) is 0 Å². The third-order valence-corrected chi connectivity index (χ3v) is 6.47. The molecule has 0 fully saturated rings. The molecule has 1 aromatic rings. The number of phenols is 1. The molecule has 8 nitrogen and oxygen atoms in total. The number of benzene rings is 1. The molecule has 10 heteroatoms. The molecule has 108 valence electrons. The van der Waals surface area contributed by atoms with Gasteiger partial charge < -0.3 is 29.4 Å². The van der Waals surface area contributed by atoms with Gasteiger partial charge in [0.15, 0.2) is 0 Å². The Bertz CT molecular complexity index is 550. The van der Waals surface area contributed by atoms with Crippen molar-refractivity contribution in [3.8, 4) is 11.5 Å². The van der Waals surface area contributed by atoms with E-state index in [-0.39, 0.29) is 11.5 Å². The van der Waals surface area contributed by atoms with E-state index in [1.54, 1.807) is 0 Å². The highest BCUT2D eigenvalue weighted by Crippen LogP contribution is 2.68. The van der Waals surface area contributed by atoms with Crippen LogP contribution < -0.4 is 4.74 Å². The third kappa shape index (κ3) is 3.17. The topological polar surface area (TPSA) is 145 Å². The van der Waals surface area contributed by atoms with Crippen molar-refractivity contribution in [2.45, 2.75) is 18.9 Å². The summed E-state index contributed by atoms with van der Waals surface area (Å²) in [6.45, 7) is 2.13. The minimum Gasteiger partial charge on any atom is -0.508 e. The largest absolute Gasteiger partial charge is 0.508 e. The highest BCUT2D eigenvalue weighted by Gasteiger charge is 2.59. The van der Waals surface area contributed by atoms with E-state index in [0.717, 1.165) is 6.07 Å². The summed E-state index contributed by atoms with van der Waals surface area (Å²) in [5, 5.41) is 6.32. The molecule has 0 saturated carbocycles. The molecule has 0 radical (unpaired) electrons. The van der Waals surface area contributed by atoms with Gasteiger partial charge in [0, 0.05) is 0 Å². The van der Waals surface area contributed by atoms with E-state index in [4.69, 9.17) is 24.3 Å².